The molecule has 174 valence electrons. The van der Waals surface area contributed by atoms with Crippen LogP contribution in [0.25, 0.3) is 10.9 Å². The molecule has 2 unspecified atom stereocenters. The lowest BCUT2D eigenvalue weighted by Crippen LogP contribution is -2.39. The minimum atomic E-state index is -0.585. The van der Waals surface area contributed by atoms with E-state index in [1.807, 2.05) is 24.3 Å². The molecule has 6 heteroatoms. The minimum Gasteiger partial charge on any atom is -0.353 e. The van der Waals surface area contributed by atoms with Crippen molar-refractivity contribution in [3.63, 3.8) is 0 Å². The Bertz CT molecular complexity index is 1250. The highest BCUT2D eigenvalue weighted by Gasteiger charge is 2.39. The molecule has 1 aromatic heterocycles. The Kier molecular flexibility index (Phi) is 7.44. The number of nitrogens with zero attached hydrogens (tertiary/aromatic N) is 2. The molecular formula is C28H26ClIN2O2. The molecule has 1 fully saturated rings. The van der Waals surface area contributed by atoms with Crippen LogP contribution in [-0.2, 0) is 21.3 Å². The summed E-state index contributed by atoms with van der Waals surface area (Å²) in [6.07, 6.45) is 3.59. The Balaban J connectivity index is 1.72. The third-order valence-electron chi connectivity index (χ3n) is 6.41. The van der Waals surface area contributed by atoms with E-state index in [-0.39, 0.29) is 11.6 Å². The first-order valence-electron chi connectivity index (χ1n) is 11.6. The summed E-state index contributed by atoms with van der Waals surface area (Å²) in [6.45, 7) is 1.16. The highest BCUT2D eigenvalue weighted by molar-refractivity contribution is 14.1. The largest absolute Gasteiger partial charge is 0.353 e. The zero-order valence-electron chi connectivity index (χ0n) is 18.8. The third kappa shape index (κ3) is 5.13. The third-order valence-corrected chi connectivity index (χ3v) is 7.25. The van der Waals surface area contributed by atoms with Crippen molar-refractivity contribution in [2.45, 2.75) is 37.4 Å². The molecule has 0 spiro atoms. The fourth-order valence-corrected chi connectivity index (χ4v) is 5.41. The van der Waals surface area contributed by atoms with Gasteiger partial charge in [-0.3, -0.25) is 0 Å². The van der Waals surface area contributed by atoms with Crippen molar-refractivity contribution >= 4 is 45.1 Å². The summed E-state index contributed by atoms with van der Waals surface area (Å²) in [5, 5.41) is 1.23. The molecule has 4 aromatic rings. The summed E-state index contributed by atoms with van der Waals surface area (Å²) in [5.41, 5.74) is 3.46. The van der Waals surface area contributed by atoms with Crippen molar-refractivity contribution in [1.82, 2.24) is 9.97 Å². The predicted octanol–water partition coefficient (Wildman–Crippen LogP) is 6.96. The van der Waals surface area contributed by atoms with E-state index in [0.29, 0.717) is 13.0 Å². The number of fused-ring (bicyclic) bond motifs is 1. The van der Waals surface area contributed by atoms with Gasteiger partial charge in [0.15, 0.2) is 6.29 Å². The topological polar surface area (TPSA) is 44.2 Å². The Morgan fingerprint density at radius 3 is 2.47 bits per heavy atom. The van der Waals surface area contributed by atoms with Crippen LogP contribution in [0, 0.1) is 3.57 Å². The zero-order valence-corrected chi connectivity index (χ0v) is 21.7. The molecule has 2 heterocycles. The molecule has 2 atom stereocenters. The van der Waals surface area contributed by atoms with Gasteiger partial charge in [0.2, 0.25) is 5.28 Å². The van der Waals surface area contributed by atoms with Crippen molar-refractivity contribution < 1.29 is 9.47 Å². The maximum atomic E-state index is 6.52. The van der Waals surface area contributed by atoms with Gasteiger partial charge in [-0.05, 0) is 89.2 Å². The van der Waals surface area contributed by atoms with Crippen LogP contribution >= 0.6 is 34.2 Å². The van der Waals surface area contributed by atoms with E-state index >= 15 is 0 Å². The predicted molar refractivity (Wildman–Crippen MR) is 144 cm³/mol. The van der Waals surface area contributed by atoms with Crippen LogP contribution < -0.4 is 0 Å². The summed E-state index contributed by atoms with van der Waals surface area (Å²) < 4.78 is 13.6. The first-order chi connectivity index (χ1) is 16.6. The maximum Gasteiger partial charge on any atom is 0.223 e. The van der Waals surface area contributed by atoms with Crippen molar-refractivity contribution in [3.8, 4) is 0 Å². The molecule has 0 bridgehead atoms. The van der Waals surface area contributed by atoms with Crippen molar-refractivity contribution in [2.24, 2.45) is 0 Å². The molecule has 3 aromatic carbocycles. The molecular weight excluding hydrogens is 559 g/mol. The molecule has 5 rings (SSSR count). The maximum absolute atomic E-state index is 6.52. The Labute approximate surface area is 218 Å². The number of halogens is 2. The molecule has 34 heavy (non-hydrogen) atoms. The van der Waals surface area contributed by atoms with Crippen molar-refractivity contribution in [2.75, 3.05) is 13.2 Å². The van der Waals surface area contributed by atoms with E-state index < -0.39 is 5.41 Å². The number of ether oxygens (including phenoxy) is 2. The lowest BCUT2D eigenvalue weighted by Gasteiger charge is -2.37. The van der Waals surface area contributed by atoms with E-state index in [1.165, 1.54) is 5.56 Å². The number of rotatable bonds is 7. The van der Waals surface area contributed by atoms with Crippen LogP contribution in [0.5, 0.6) is 0 Å². The Morgan fingerprint density at radius 1 is 0.971 bits per heavy atom. The quantitative estimate of drug-likeness (QED) is 0.174. The lowest BCUT2D eigenvalue weighted by molar-refractivity contribution is -0.169. The summed E-state index contributed by atoms with van der Waals surface area (Å²) in [5.74, 6) is 0. The molecule has 4 nitrogen and oxygen atoms in total. The molecule has 1 aliphatic rings. The SMILES string of the molecule is Clc1nc(C(COC2CCCCO2)(Cc2ccccc2)c2ccccc2)c2cc(I)ccc2n1. The molecule has 0 saturated carbocycles. The second-order valence-electron chi connectivity index (χ2n) is 8.72. The van der Waals surface area contributed by atoms with Gasteiger partial charge in [0.25, 0.3) is 0 Å². The van der Waals surface area contributed by atoms with E-state index in [0.717, 1.165) is 51.6 Å². The van der Waals surface area contributed by atoms with E-state index in [2.05, 4.69) is 82.2 Å². The number of hydrogen-bond donors (Lipinski definition) is 0. The van der Waals surface area contributed by atoms with Crippen LogP contribution in [0.3, 0.4) is 0 Å². The average molecular weight is 585 g/mol. The van der Waals surface area contributed by atoms with Gasteiger partial charge in [-0.25, -0.2) is 9.97 Å². The van der Waals surface area contributed by atoms with E-state index in [1.54, 1.807) is 0 Å². The van der Waals surface area contributed by atoms with Crippen LogP contribution in [0.1, 0.15) is 36.1 Å². The highest BCUT2D eigenvalue weighted by atomic mass is 127. The lowest BCUT2D eigenvalue weighted by atomic mass is 9.72. The molecule has 0 aliphatic carbocycles. The van der Waals surface area contributed by atoms with Gasteiger partial charge in [-0.1, -0.05) is 60.7 Å². The molecule has 0 amide bonds. The fraction of sp³-hybridized carbons (Fsp3) is 0.286. The number of hydrogen-bond acceptors (Lipinski definition) is 4. The van der Waals surface area contributed by atoms with Crippen molar-refractivity contribution in [3.05, 3.63) is 105 Å². The fourth-order valence-electron chi connectivity index (χ4n) is 4.74. The van der Waals surface area contributed by atoms with Crippen LogP contribution in [0.4, 0.5) is 0 Å². The number of benzene rings is 3. The molecule has 0 N–H and O–H groups in total. The molecule has 1 aliphatic heterocycles. The van der Waals surface area contributed by atoms with Gasteiger partial charge in [0.1, 0.15) is 0 Å². The van der Waals surface area contributed by atoms with Gasteiger partial charge in [0, 0.05) is 15.6 Å². The first kappa shape index (κ1) is 23.7. The number of aromatic nitrogens is 2. The Hall–Kier alpha value is -2.06. The minimum absolute atomic E-state index is 0.212. The smallest absolute Gasteiger partial charge is 0.223 e. The van der Waals surface area contributed by atoms with Gasteiger partial charge >= 0.3 is 0 Å². The normalized spacial score (nSPS) is 18.0. The summed E-state index contributed by atoms with van der Waals surface area (Å²) in [6, 6.07) is 27.2. The molecule has 0 radical (unpaired) electrons. The van der Waals surface area contributed by atoms with E-state index in [9.17, 15) is 0 Å². The van der Waals surface area contributed by atoms with Gasteiger partial charge in [0.05, 0.1) is 23.2 Å². The average Bonchev–Trinajstić information content (AvgIpc) is 2.88. The zero-order chi connectivity index (χ0) is 23.4. The second-order valence-corrected chi connectivity index (χ2v) is 10.3. The second kappa shape index (κ2) is 10.7. The highest BCUT2D eigenvalue weighted by Crippen LogP contribution is 2.40. The van der Waals surface area contributed by atoms with Crippen LogP contribution in [-0.4, -0.2) is 29.5 Å². The van der Waals surface area contributed by atoms with Crippen molar-refractivity contribution in [1.29, 1.82) is 0 Å². The first-order valence-corrected chi connectivity index (χ1v) is 13.1. The standard InChI is InChI=1S/C28H26ClIN2O2/c29-27-31-24-15-14-22(30)17-23(24)26(32-27)28(21-11-5-2-6-12-21,18-20-9-3-1-4-10-20)19-34-25-13-7-8-16-33-25/h1-6,9-12,14-15,17,25H,7-8,13,16,18-19H2. The van der Waals surface area contributed by atoms with Gasteiger partial charge in [-0.2, -0.15) is 0 Å². The van der Waals surface area contributed by atoms with Crippen LogP contribution in [0.15, 0.2) is 78.9 Å². The van der Waals surface area contributed by atoms with Crippen LogP contribution in [0.2, 0.25) is 5.28 Å². The summed E-state index contributed by atoms with van der Waals surface area (Å²) in [7, 11) is 0. The molecule has 1 saturated heterocycles. The van der Waals surface area contributed by atoms with Gasteiger partial charge in [-0.15, -0.1) is 0 Å². The van der Waals surface area contributed by atoms with E-state index in [4.69, 9.17) is 26.1 Å². The summed E-state index contributed by atoms with van der Waals surface area (Å²) >= 11 is 8.86. The monoisotopic (exact) mass is 584 g/mol. The summed E-state index contributed by atoms with van der Waals surface area (Å²) in [4.78, 5) is 9.41. The van der Waals surface area contributed by atoms with Gasteiger partial charge < -0.3 is 9.47 Å². The Morgan fingerprint density at radius 2 is 1.74 bits per heavy atom.